The Balaban J connectivity index is 2.30. The van der Waals surface area contributed by atoms with Crippen molar-refractivity contribution in [1.29, 1.82) is 5.26 Å². The summed E-state index contributed by atoms with van der Waals surface area (Å²) >= 11 is 0. The van der Waals surface area contributed by atoms with E-state index in [2.05, 4.69) is 11.9 Å². The van der Waals surface area contributed by atoms with Gasteiger partial charge in [-0.3, -0.25) is 4.79 Å². The molecule has 0 saturated heterocycles. The van der Waals surface area contributed by atoms with Gasteiger partial charge >= 0.3 is 0 Å². The van der Waals surface area contributed by atoms with Gasteiger partial charge < -0.3 is 14.8 Å². The van der Waals surface area contributed by atoms with Crippen molar-refractivity contribution >= 4 is 17.7 Å². The normalized spacial score (nSPS) is 10.7. The van der Waals surface area contributed by atoms with Crippen LogP contribution in [0.15, 0.2) is 54.6 Å². The predicted octanol–water partition coefficient (Wildman–Crippen LogP) is 4.81. The molecule has 0 heterocycles. The molecule has 1 N–H and O–H groups in total. The molecule has 0 aliphatic heterocycles. The zero-order valence-corrected chi connectivity index (χ0v) is 16.4. The molecule has 0 radical (unpaired) electrons. The van der Waals surface area contributed by atoms with Crippen LogP contribution in [0.3, 0.4) is 0 Å². The van der Waals surface area contributed by atoms with Gasteiger partial charge in [0.05, 0.1) is 6.61 Å². The van der Waals surface area contributed by atoms with E-state index < -0.39 is 5.91 Å². The number of hydrogen-bond acceptors (Lipinski definition) is 4. The molecule has 2 rings (SSSR count). The van der Waals surface area contributed by atoms with Crippen LogP contribution in [-0.2, 0) is 4.79 Å². The first-order valence-corrected chi connectivity index (χ1v) is 9.00. The van der Waals surface area contributed by atoms with E-state index in [0.717, 1.165) is 16.8 Å². The van der Waals surface area contributed by atoms with Crippen LogP contribution in [0, 0.1) is 25.2 Å². The third-order valence-electron chi connectivity index (χ3n) is 4.02. The third kappa shape index (κ3) is 5.24. The molecule has 0 saturated carbocycles. The number of nitrogens with one attached hydrogen (secondary N) is 1. The standard InChI is InChI=1S/C23H24N2O3/c1-5-12-28-20-11-10-18(14-21(20)27-6-2)13-19(15-24)23(26)25-22-16(3)8-7-9-17(22)4/h5,7-11,13-14H,1,6,12H2,2-4H3,(H,25,26)/b19-13-. The van der Waals surface area contributed by atoms with Crippen LogP contribution >= 0.6 is 0 Å². The highest BCUT2D eigenvalue weighted by Gasteiger charge is 2.13. The minimum Gasteiger partial charge on any atom is -0.490 e. The Morgan fingerprint density at radius 1 is 1.18 bits per heavy atom. The fourth-order valence-electron chi connectivity index (χ4n) is 2.66. The largest absolute Gasteiger partial charge is 0.490 e. The van der Waals surface area contributed by atoms with Gasteiger partial charge in [-0.2, -0.15) is 5.26 Å². The lowest BCUT2D eigenvalue weighted by molar-refractivity contribution is -0.112. The molecule has 1 amide bonds. The summed E-state index contributed by atoms with van der Waals surface area (Å²) in [6.07, 6.45) is 3.18. The molecule has 2 aromatic carbocycles. The molecule has 0 unspecified atom stereocenters. The highest BCUT2D eigenvalue weighted by atomic mass is 16.5. The molecule has 0 aliphatic rings. The van der Waals surface area contributed by atoms with Gasteiger partial charge in [-0.1, -0.05) is 36.9 Å². The molecular formula is C23H24N2O3. The van der Waals surface area contributed by atoms with E-state index >= 15 is 0 Å². The topological polar surface area (TPSA) is 71.3 Å². The Morgan fingerprint density at radius 3 is 2.50 bits per heavy atom. The van der Waals surface area contributed by atoms with Crippen LogP contribution in [0.4, 0.5) is 5.69 Å². The second-order valence-corrected chi connectivity index (χ2v) is 6.13. The molecule has 5 nitrogen and oxygen atoms in total. The van der Waals surface area contributed by atoms with Crippen molar-refractivity contribution < 1.29 is 14.3 Å². The van der Waals surface area contributed by atoms with Crippen LogP contribution < -0.4 is 14.8 Å². The van der Waals surface area contributed by atoms with E-state index in [1.54, 1.807) is 24.3 Å². The Morgan fingerprint density at radius 2 is 1.89 bits per heavy atom. The highest BCUT2D eigenvalue weighted by molar-refractivity contribution is 6.10. The average molecular weight is 376 g/mol. The van der Waals surface area contributed by atoms with Gasteiger partial charge in [0.2, 0.25) is 0 Å². The minimum atomic E-state index is -0.454. The molecular weight excluding hydrogens is 352 g/mol. The summed E-state index contributed by atoms with van der Waals surface area (Å²) in [6, 6.07) is 13.0. The highest BCUT2D eigenvalue weighted by Crippen LogP contribution is 2.29. The number of carbonyl (C=O) groups excluding carboxylic acids is 1. The maximum atomic E-state index is 12.6. The van der Waals surface area contributed by atoms with E-state index in [4.69, 9.17) is 9.47 Å². The molecule has 5 heteroatoms. The second-order valence-electron chi connectivity index (χ2n) is 6.13. The Labute approximate surface area is 165 Å². The van der Waals surface area contributed by atoms with Crippen LogP contribution in [0.25, 0.3) is 6.08 Å². The van der Waals surface area contributed by atoms with Crippen molar-refractivity contribution in [2.24, 2.45) is 0 Å². The summed E-state index contributed by atoms with van der Waals surface area (Å²) in [7, 11) is 0. The predicted molar refractivity (Wildman–Crippen MR) is 111 cm³/mol. The number of ether oxygens (including phenoxy) is 2. The van der Waals surface area contributed by atoms with Crippen molar-refractivity contribution in [3.8, 4) is 17.6 Å². The van der Waals surface area contributed by atoms with Crippen LogP contribution in [0.2, 0.25) is 0 Å². The van der Waals surface area contributed by atoms with Crippen LogP contribution in [0.5, 0.6) is 11.5 Å². The summed E-state index contributed by atoms with van der Waals surface area (Å²) in [5.41, 5.74) is 3.27. The Bertz CT molecular complexity index is 919. The summed E-state index contributed by atoms with van der Waals surface area (Å²) in [5.74, 6) is 0.674. The summed E-state index contributed by atoms with van der Waals surface area (Å²) in [6.45, 7) is 10.2. The van der Waals surface area contributed by atoms with E-state index in [1.807, 2.05) is 45.0 Å². The fourth-order valence-corrected chi connectivity index (χ4v) is 2.66. The van der Waals surface area contributed by atoms with Gasteiger partial charge in [0.15, 0.2) is 11.5 Å². The number of anilines is 1. The molecule has 0 aliphatic carbocycles. The van der Waals surface area contributed by atoms with Crippen molar-refractivity contribution in [3.05, 3.63) is 71.3 Å². The Hall–Kier alpha value is -3.52. The summed E-state index contributed by atoms with van der Waals surface area (Å²) in [4.78, 5) is 12.6. The average Bonchev–Trinajstić information content (AvgIpc) is 2.68. The number of rotatable bonds is 8. The summed E-state index contributed by atoms with van der Waals surface area (Å²) < 4.78 is 11.2. The molecule has 0 aromatic heterocycles. The third-order valence-corrected chi connectivity index (χ3v) is 4.02. The van der Waals surface area contributed by atoms with Crippen LogP contribution in [-0.4, -0.2) is 19.1 Å². The first-order chi connectivity index (χ1) is 13.5. The molecule has 0 fully saturated rings. The van der Waals surface area contributed by atoms with Gasteiger partial charge in [0.1, 0.15) is 18.2 Å². The van der Waals surface area contributed by atoms with Crippen molar-refractivity contribution in [1.82, 2.24) is 0 Å². The van der Waals surface area contributed by atoms with Crippen LogP contribution in [0.1, 0.15) is 23.6 Å². The molecule has 0 spiro atoms. The smallest absolute Gasteiger partial charge is 0.266 e. The second kappa shape index (κ2) is 9.98. The molecule has 0 bridgehead atoms. The maximum Gasteiger partial charge on any atom is 0.266 e. The van der Waals surface area contributed by atoms with E-state index in [0.29, 0.717) is 30.3 Å². The number of amides is 1. The molecule has 144 valence electrons. The number of nitriles is 1. The van der Waals surface area contributed by atoms with Gasteiger partial charge in [-0.05, 0) is 55.7 Å². The van der Waals surface area contributed by atoms with Crippen molar-refractivity contribution in [3.63, 3.8) is 0 Å². The molecule has 0 atom stereocenters. The first-order valence-electron chi connectivity index (χ1n) is 9.00. The zero-order chi connectivity index (χ0) is 20.5. The monoisotopic (exact) mass is 376 g/mol. The maximum absolute atomic E-state index is 12.6. The zero-order valence-electron chi connectivity index (χ0n) is 16.4. The quantitative estimate of drug-likeness (QED) is 0.408. The van der Waals surface area contributed by atoms with Gasteiger partial charge in [0, 0.05) is 5.69 Å². The van der Waals surface area contributed by atoms with E-state index in [1.165, 1.54) is 6.08 Å². The van der Waals surface area contributed by atoms with E-state index in [9.17, 15) is 10.1 Å². The fraction of sp³-hybridized carbons (Fsp3) is 0.217. The van der Waals surface area contributed by atoms with Gasteiger partial charge in [-0.25, -0.2) is 0 Å². The first kappa shape index (κ1) is 20.8. The number of carbonyl (C=O) groups is 1. The van der Waals surface area contributed by atoms with E-state index in [-0.39, 0.29) is 5.57 Å². The SMILES string of the molecule is C=CCOc1ccc(/C=C(/C#N)C(=O)Nc2c(C)cccc2C)cc1OCC. The number of aryl methyl sites for hydroxylation is 2. The summed E-state index contributed by atoms with van der Waals surface area (Å²) in [5, 5.41) is 12.3. The lowest BCUT2D eigenvalue weighted by Crippen LogP contribution is -2.15. The van der Waals surface area contributed by atoms with Gasteiger partial charge in [0.25, 0.3) is 5.91 Å². The van der Waals surface area contributed by atoms with Crippen molar-refractivity contribution in [2.75, 3.05) is 18.5 Å². The number of nitrogens with zero attached hydrogens (tertiary/aromatic N) is 1. The molecule has 2 aromatic rings. The molecule has 28 heavy (non-hydrogen) atoms. The van der Waals surface area contributed by atoms with Crippen molar-refractivity contribution in [2.45, 2.75) is 20.8 Å². The number of hydrogen-bond donors (Lipinski definition) is 1. The minimum absolute atomic E-state index is 0.00450. The number of para-hydroxylation sites is 1. The lowest BCUT2D eigenvalue weighted by Gasteiger charge is -2.12. The van der Waals surface area contributed by atoms with Gasteiger partial charge in [-0.15, -0.1) is 0 Å². The Kier molecular flexibility index (Phi) is 7.41. The number of benzene rings is 2. The lowest BCUT2D eigenvalue weighted by atomic mass is 10.1.